The third-order valence-electron chi connectivity index (χ3n) is 2.39. The summed E-state index contributed by atoms with van der Waals surface area (Å²) in [7, 11) is 0. The Bertz CT molecular complexity index is 288. The SMILES string of the molecule is C=C(C)C(=O)OCC(C=C(C)C)C(C)(C)C. The van der Waals surface area contributed by atoms with Crippen molar-refractivity contribution in [2.75, 3.05) is 6.61 Å². The number of allylic oxidation sites excluding steroid dienone is 1. The largest absolute Gasteiger partial charge is 0.462 e. The standard InChI is InChI=1S/C14H24O2/c1-10(2)8-12(14(5,6)7)9-16-13(15)11(3)4/h8,12H,3,9H2,1-2,4-7H3. The van der Waals surface area contributed by atoms with Gasteiger partial charge in [0.15, 0.2) is 0 Å². The summed E-state index contributed by atoms with van der Waals surface area (Å²) >= 11 is 0. The Morgan fingerprint density at radius 1 is 1.31 bits per heavy atom. The molecule has 0 spiro atoms. The summed E-state index contributed by atoms with van der Waals surface area (Å²) in [5.74, 6) is -0.0720. The molecule has 0 aromatic heterocycles. The van der Waals surface area contributed by atoms with Gasteiger partial charge in [-0.3, -0.25) is 0 Å². The first-order valence-electron chi connectivity index (χ1n) is 5.62. The van der Waals surface area contributed by atoms with Crippen LogP contribution < -0.4 is 0 Å². The zero-order valence-electron chi connectivity index (χ0n) is 11.4. The van der Waals surface area contributed by atoms with Gasteiger partial charge in [0.25, 0.3) is 0 Å². The molecule has 1 unspecified atom stereocenters. The highest BCUT2D eigenvalue weighted by molar-refractivity contribution is 5.86. The van der Waals surface area contributed by atoms with Gasteiger partial charge in [0.05, 0.1) is 6.61 Å². The number of hydrogen-bond donors (Lipinski definition) is 0. The molecule has 2 nitrogen and oxygen atoms in total. The van der Waals surface area contributed by atoms with Crippen molar-refractivity contribution in [1.29, 1.82) is 0 Å². The monoisotopic (exact) mass is 224 g/mol. The van der Waals surface area contributed by atoms with E-state index in [-0.39, 0.29) is 17.3 Å². The molecular weight excluding hydrogens is 200 g/mol. The Labute approximate surface area is 99.4 Å². The predicted molar refractivity (Wildman–Crippen MR) is 68.1 cm³/mol. The lowest BCUT2D eigenvalue weighted by molar-refractivity contribution is -0.140. The van der Waals surface area contributed by atoms with Crippen LogP contribution in [0.5, 0.6) is 0 Å². The molecule has 0 bridgehead atoms. The molecule has 0 aliphatic heterocycles. The van der Waals surface area contributed by atoms with Crippen LogP contribution in [0, 0.1) is 11.3 Å². The second kappa shape index (κ2) is 5.88. The highest BCUT2D eigenvalue weighted by Crippen LogP contribution is 2.28. The highest BCUT2D eigenvalue weighted by Gasteiger charge is 2.24. The van der Waals surface area contributed by atoms with E-state index >= 15 is 0 Å². The molecule has 16 heavy (non-hydrogen) atoms. The van der Waals surface area contributed by atoms with Crippen LogP contribution in [-0.2, 0) is 9.53 Å². The molecule has 0 saturated heterocycles. The molecule has 0 rings (SSSR count). The van der Waals surface area contributed by atoms with Crippen LogP contribution in [0.4, 0.5) is 0 Å². The van der Waals surface area contributed by atoms with E-state index < -0.39 is 0 Å². The summed E-state index contributed by atoms with van der Waals surface area (Å²) in [6.45, 7) is 16.2. The van der Waals surface area contributed by atoms with Crippen molar-refractivity contribution in [3.05, 3.63) is 23.8 Å². The van der Waals surface area contributed by atoms with Crippen molar-refractivity contribution < 1.29 is 9.53 Å². The lowest BCUT2D eigenvalue weighted by Gasteiger charge is -2.28. The normalized spacial score (nSPS) is 12.9. The highest BCUT2D eigenvalue weighted by atomic mass is 16.5. The minimum atomic E-state index is -0.309. The lowest BCUT2D eigenvalue weighted by Crippen LogP contribution is -2.25. The number of ether oxygens (including phenoxy) is 1. The van der Waals surface area contributed by atoms with Crippen LogP contribution in [-0.4, -0.2) is 12.6 Å². The van der Waals surface area contributed by atoms with Crippen molar-refractivity contribution in [3.63, 3.8) is 0 Å². The third-order valence-corrected chi connectivity index (χ3v) is 2.39. The van der Waals surface area contributed by atoms with E-state index in [2.05, 4.69) is 47.3 Å². The molecule has 0 amide bonds. The van der Waals surface area contributed by atoms with Crippen LogP contribution in [0.25, 0.3) is 0 Å². The molecular formula is C14H24O2. The Balaban J connectivity index is 4.53. The second-order valence-electron chi connectivity index (χ2n) is 5.60. The molecule has 0 aliphatic carbocycles. The quantitative estimate of drug-likeness (QED) is 0.413. The molecule has 0 radical (unpaired) electrons. The molecule has 0 N–H and O–H groups in total. The van der Waals surface area contributed by atoms with Crippen molar-refractivity contribution >= 4 is 5.97 Å². The Morgan fingerprint density at radius 2 is 1.81 bits per heavy atom. The fourth-order valence-corrected chi connectivity index (χ4v) is 1.24. The van der Waals surface area contributed by atoms with Gasteiger partial charge < -0.3 is 4.74 Å². The molecule has 0 heterocycles. The van der Waals surface area contributed by atoms with E-state index in [1.807, 2.05) is 0 Å². The first-order valence-corrected chi connectivity index (χ1v) is 5.62. The topological polar surface area (TPSA) is 26.3 Å². The molecule has 92 valence electrons. The molecule has 0 aliphatic rings. The minimum Gasteiger partial charge on any atom is -0.462 e. The van der Waals surface area contributed by atoms with Crippen molar-refractivity contribution in [2.24, 2.45) is 11.3 Å². The molecule has 0 saturated carbocycles. The van der Waals surface area contributed by atoms with E-state index in [9.17, 15) is 4.79 Å². The molecule has 0 fully saturated rings. The number of rotatable bonds is 4. The van der Waals surface area contributed by atoms with E-state index in [1.165, 1.54) is 5.57 Å². The van der Waals surface area contributed by atoms with Gasteiger partial charge in [-0.25, -0.2) is 4.79 Å². The van der Waals surface area contributed by atoms with E-state index in [0.717, 1.165) is 0 Å². The zero-order valence-corrected chi connectivity index (χ0v) is 11.4. The van der Waals surface area contributed by atoms with Gasteiger partial charge >= 0.3 is 5.97 Å². The zero-order chi connectivity index (χ0) is 12.9. The molecule has 0 aromatic carbocycles. The van der Waals surface area contributed by atoms with E-state index in [1.54, 1.807) is 6.92 Å². The van der Waals surface area contributed by atoms with Crippen LogP contribution >= 0.6 is 0 Å². The first kappa shape index (κ1) is 14.9. The van der Waals surface area contributed by atoms with Gasteiger partial charge in [-0.2, -0.15) is 0 Å². The van der Waals surface area contributed by atoms with Crippen LogP contribution in [0.3, 0.4) is 0 Å². The van der Waals surface area contributed by atoms with Gasteiger partial charge in [-0.05, 0) is 26.2 Å². The van der Waals surface area contributed by atoms with Crippen molar-refractivity contribution in [3.8, 4) is 0 Å². The van der Waals surface area contributed by atoms with Crippen molar-refractivity contribution in [2.45, 2.75) is 41.5 Å². The summed E-state index contributed by atoms with van der Waals surface area (Å²) < 4.78 is 5.21. The van der Waals surface area contributed by atoms with Gasteiger partial charge in [0, 0.05) is 11.5 Å². The lowest BCUT2D eigenvalue weighted by atomic mass is 9.80. The summed E-state index contributed by atoms with van der Waals surface area (Å²) in [6, 6.07) is 0. The first-order chi connectivity index (χ1) is 7.14. The maximum Gasteiger partial charge on any atom is 0.333 e. The average molecular weight is 224 g/mol. The maximum absolute atomic E-state index is 11.3. The molecule has 0 aromatic rings. The van der Waals surface area contributed by atoms with Crippen LogP contribution in [0.1, 0.15) is 41.5 Å². The summed E-state index contributed by atoms with van der Waals surface area (Å²) in [5.41, 5.74) is 1.78. The fraction of sp³-hybridized carbons (Fsp3) is 0.643. The van der Waals surface area contributed by atoms with Gasteiger partial charge in [-0.15, -0.1) is 0 Å². The predicted octanol–water partition coefficient (Wildman–Crippen LogP) is 3.73. The van der Waals surface area contributed by atoms with Gasteiger partial charge in [0.1, 0.15) is 0 Å². The maximum atomic E-state index is 11.3. The number of carbonyl (C=O) groups is 1. The van der Waals surface area contributed by atoms with Gasteiger partial charge in [-0.1, -0.05) is 39.0 Å². The van der Waals surface area contributed by atoms with Gasteiger partial charge in [0.2, 0.25) is 0 Å². The second-order valence-corrected chi connectivity index (χ2v) is 5.60. The molecule has 2 heteroatoms. The fourth-order valence-electron chi connectivity index (χ4n) is 1.24. The van der Waals surface area contributed by atoms with E-state index in [4.69, 9.17) is 4.74 Å². The number of carbonyl (C=O) groups excluding carboxylic acids is 1. The smallest absolute Gasteiger partial charge is 0.333 e. The number of hydrogen-bond acceptors (Lipinski definition) is 2. The number of esters is 1. The minimum absolute atomic E-state index is 0.0899. The van der Waals surface area contributed by atoms with Crippen molar-refractivity contribution in [1.82, 2.24) is 0 Å². The summed E-state index contributed by atoms with van der Waals surface area (Å²) in [4.78, 5) is 11.3. The Kier molecular flexibility index (Phi) is 5.49. The summed E-state index contributed by atoms with van der Waals surface area (Å²) in [6.07, 6.45) is 2.16. The summed E-state index contributed by atoms with van der Waals surface area (Å²) in [5, 5.41) is 0. The van der Waals surface area contributed by atoms with Crippen LogP contribution in [0.2, 0.25) is 0 Å². The molecule has 1 atom stereocenters. The third kappa shape index (κ3) is 5.74. The Hall–Kier alpha value is -1.05. The van der Waals surface area contributed by atoms with Crippen LogP contribution in [0.15, 0.2) is 23.8 Å². The Morgan fingerprint density at radius 3 is 2.12 bits per heavy atom. The average Bonchev–Trinajstić information content (AvgIpc) is 2.08. The van der Waals surface area contributed by atoms with E-state index in [0.29, 0.717) is 12.2 Å².